The predicted octanol–water partition coefficient (Wildman–Crippen LogP) is 4.02. The van der Waals surface area contributed by atoms with E-state index in [0.717, 1.165) is 12.8 Å². The molecule has 2 rings (SSSR count). The number of hydrogen-bond acceptors (Lipinski definition) is 5. The predicted molar refractivity (Wildman–Crippen MR) is 83.0 cm³/mol. The highest BCUT2D eigenvalue weighted by atomic mass is 35.5. The Balaban J connectivity index is 2.43. The molecule has 0 amide bonds. The lowest BCUT2D eigenvalue weighted by molar-refractivity contribution is -0.0583. The van der Waals surface area contributed by atoms with Crippen LogP contribution < -0.4 is 5.73 Å². The Morgan fingerprint density at radius 3 is 2.62 bits per heavy atom. The van der Waals surface area contributed by atoms with Gasteiger partial charge in [0.1, 0.15) is 5.60 Å². The van der Waals surface area contributed by atoms with Crippen LogP contribution >= 0.6 is 11.6 Å². The number of rotatable bonds is 6. The van der Waals surface area contributed by atoms with Gasteiger partial charge in [-0.2, -0.15) is 4.98 Å². The SMILES string of the molecule is CCOC(CC)(CC)c1noc(-c2cccc(Cl)c2N)n1. The van der Waals surface area contributed by atoms with Crippen molar-refractivity contribution >= 4 is 17.3 Å². The van der Waals surface area contributed by atoms with Crippen LogP contribution in [0.2, 0.25) is 5.02 Å². The summed E-state index contributed by atoms with van der Waals surface area (Å²) in [5.74, 6) is 0.903. The van der Waals surface area contributed by atoms with Crippen molar-refractivity contribution in [3.63, 3.8) is 0 Å². The molecule has 0 aliphatic rings. The van der Waals surface area contributed by atoms with Crippen LogP contribution in [0.4, 0.5) is 5.69 Å². The number of para-hydroxylation sites is 1. The van der Waals surface area contributed by atoms with E-state index < -0.39 is 5.60 Å². The fourth-order valence-corrected chi connectivity index (χ4v) is 2.53. The van der Waals surface area contributed by atoms with E-state index >= 15 is 0 Å². The first-order chi connectivity index (χ1) is 10.1. The average molecular weight is 310 g/mol. The molecule has 0 unspecified atom stereocenters. The quantitative estimate of drug-likeness (QED) is 0.816. The summed E-state index contributed by atoms with van der Waals surface area (Å²) >= 11 is 6.03. The lowest BCUT2D eigenvalue weighted by atomic mass is 9.96. The number of benzene rings is 1. The second kappa shape index (κ2) is 6.45. The van der Waals surface area contributed by atoms with Gasteiger partial charge in [-0.25, -0.2) is 0 Å². The summed E-state index contributed by atoms with van der Waals surface area (Å²) in [6.07, 6.45) is 1.53. The van der Waals surface area contributed by atoms with E-state index in [-0.39, 0.29) is 0 Å². The first-order valence-electron chi connectivity index (χ1n) is 7.10. The van der Waals surface area contributed by atoms with Crippen LogP contribution in [0.1, 0.15) is 39.4 Å². The molecule has 0 aliphatic heterocycles. The molecule has 6 heteroatoms. The molecule has 0 aliphatic carbocycles. The topological polar surface area (TPSA) is 74.2 Å². The number of aromatic nitrogens is 2. The molecule has 2 aromatic rings. The molecule has 1 aromatic heterocycles. The molecule has 0 fully saturated rings. The molecule has 5 nitrogen and oxygen atoms in total. The van der Waals surface area contributed by atoms with E-state index in [0.29, 0.717) is 34.6 Å². The number of ether oxygens (including phenoxy) is 1. The van der Waals surface area contributed by atoms with Crippen LogP contribution in [0.25, 0.3) is 11.5 Å². The van der Waals surface area contributed by atoms with Crippen LogP contribution in [0.15, 0.2) is 22.7 Å². The Morgan fingerprint density at radius 1 is 1.29 bits per heavy atom. The molecule has 0 radical (unpaired) electrons. The van der Waals surface area contributed by atoms with E-state index in [4.69, 9.17) is 26.6 Å². The van der Waals surface area contributed by atoms with Gasteiger partial charge in [-0.1, -0.05) is 36.7 Å². The standard InChI is InChI=1S/C15H20ClN3O2/c1-4-15(5-2,20-6-3)14-18-13(21-19-14)10-8-7-9-11(16)12(10)17/h7-9H,4-6,17H2,1-3H3. The van der Waals surface area contributed by atoms with Crippen LogP contribution in [-0.2, 0) is 10.3 Å². The summed E-state index contributed by atoms with van der Waals surface area (Å²) in [6, 6.07) is 5.33. The fourth-order valence-electron chi connectivity index (χ4n) is 2.35. The molecule has 1 aromatic carbocycles. The summed E-state index contributed by atoms with van der Waals surface area (Å²) < 4.78 is 11.2. The zero-order valence-electron chi connectivity index (χ0n) is 12.5. The number of nitrogens with two attached hydrogens (primary N) is 1. The third-order valence-electron chi connectivity index (χ3n) is 3.68. The van der Waals surface area contributed by atoms with Crippen LogP contribution in [0, 0.1) is 0 Å². The zero-order valence-corrected chi connectivity index (χ0v) is 13.3. The number of halogens is 1. The van der Waals surface area contributed by atoms with Crippen LogP contribution in [0.3, 0.4) is 0 Å². The summed E-state index contributed by atoms with van der Waals surface area (Å²) in [5, 5.41) is 4.55. The van der Waals surface area contributed by atoms with Gasteiger partial charge in [0.05, 0.1) is 16.3 Å². The number of hydrogen-bond donors (Lipinski definition) is 1. The third-order valence-corrected chi connectivity index (χ3v) is 4.01. The largest absolute Gasteiger partial charge is 0.397 e. The van der Waals surface area contributed by atoms with Gasteiger partial charge in [0.2, 0.25) is 5.82 Å². The Morgan fingerprint density at radius 2 is 2.00 bits per heavy atom. The Labute approximate surface area is 129 Å². The maximum Gasteiger partial charge on any atom is 0.260 e. The highest BCUT2D eigenvalue weighted by molar-refractivity contribution is 6.33. The second-order valence-electron chi connectivity index (χ2n) is 4.76. The smallest absolute Gasteiger partial charge is 0.260 e. The maximum absolute atomic E-state index is 6.03. The van der Waals surface area contributed by atoms with Crippen LogP contribution in [-0.4, -0.2) is 16.7 Å². The highest BCUT2D eigenvalue weighted by Crippen LogP contribution is 2.35. The van der Waals surface area contributed by atoms with Gasteiger partial charge in [0.15, 0.2) is 0 Å². The zero-order chi connectivity index (χ0) is 15.5. The minimum atomic E-state index is -0.524. The number of anilines is 1. The Bertz CT molecular complexity index is 609. The first kappa shape index (κ1) is 15.8. The van der Waals surface area contributed by atoms with Crippen molar-refractivity contribution in [1.82, 2.24) is 10.1 Å². The van der Waals surface area contributed by atoms with Gasteiger partial charge in [0, 0.05) is 6.61 Å². The monoisotopic (exact) mass is 309 g/mol. The van der Waals surface area contributed by atoms with E-state index in [1.54, 1.807) is 18.2 Å². The molecule has 0 atom stereocenters. The van der Waals surface area contributed by atoms with E-state index in [1.807, 2.05) is 20.8 Å². The first-order valence-corrected chi connectivity index (χ1v) is 7.48. The van der Waals surface area contributed by atoms with Crippen molar-refractivity contribution < 1.29 is 9.26 Å². The Kier molecular flexibility index (Phi) is 4.85. The Hall–Kier alpha value is -1.59. The molecular formula is C15H20ClN3O2. The lowest BCUT2D eigenvalue weighted by Crippen LogP contribution is -2.29. The molecule has 21 heavy (non-hydrogen) atoms. The molecule has 0 saturated carbocycles. The average Bonchev–Trinajstić information content (AvgIpc) is 2.98. The second-order valence-corrected chi connectivity index (χ2v) is 5.17. The van der Waals surface area contributed by atoms with Gasteiger partial charge >= 0.3 is 0 Å². The molecule has 1 heterocycles. The molecule has 0 spiro atoms. The van der Waals surface area contributed by atoms with Crippen LogP contribution in [0.5, 0.6) is 0 Å². The van der Waals surface area contributed by atoms with Crippen molar-refractivity contribution in [3.8, 4) is 11.5 Å². The van der Waals surface area contributed by atoms with E-state index in [2.05, 4.69) is 10.1 Å². The summed E-state index contributed by atoms with van der Waals surface area (Å²) in [4.78, 5) is 4.47. The van der Waals surface area contributed by atoms with Gasteiger partial charge in [0.25, 0.3) is 5.89 Å². The van der Waals surface area contributed by atoms with Gasteiger partial charge < -0.3 is 15.0 Å². The fraction of sp³-hybridized carbons (Fsp3) is 0.467. The van der Waals surface area contributed by atoms with Gasteiger partial charge in [-0.3, -0.25) is 0 Å². The molecule has 114 valence electrons. The maximum atomic E-state index is 6.03. The molecule has 0 saturated heterocycles. The highest BCUT2D eigenvalue weighted by Gasteiger charge is 2.34. The van der Waals surface area contributed by atoms with Crippen molar-refractivity contribution in [2.75, 3.05) is 12.3 Å². The molecule has 0 bridgehead atoms. The summed E-state index contributed by atoms with van der Waals surface area (Å²) in [7, 11) is 0. The third kappa shape index (κ3) is 2.89. The summed E-state index contributed by atoms with van der Waals surface area (Å²) in [6.45, 7) is 6.63. The lowest BCUT2D eigenvalue weighted by Gasteiger charge is -2.27. The normalized spacial score (nSPS) is 11.8. The minimum absolute atomic E-state index is 0.357. The molecular weight excluding hydrogens is 290 g/mol. The van der Waals surface area contributed by atoms with Crippen molar-refractivity contribution in [2.45, 2.75) is 39.2 Å². The summed E-state index contributed by atoms with van der Waals surface area (Å²) in [5.41, 5.74) is 6.51. The number of nitrogens with zero attached hydrogens (tertiary/aromatic N) is 2. The van der Waals surface area contributed by atoms with E-state index in [9.17, 15) is 0 Å². The van der Waals surface area contributed by atoms with Crippen molar-refractivity contribution in [3.05, 3.63) is 29.0 Å². The van der Waals surface area contributed by atoms with E-state index in [1.165, 1.54) is 0 Å². The molecule has 2 N–H and O–H groups in total. The van der Waals surface area contributed by atoms with Gasteiger partial charge in [-0.15, -0.1) is 0 Å². The van der Waals surface area contributed by atoms with Crippen molar-refractivity contribution in [2.24, 2.45) is 0 Å². The number of nitrogen functional groups attached to an aromatic ring is 1. The van der Waals surface area contributed by atoms with Crippen molar-refractivity contribution in [1.29, 1.82) is 0 Å². The minimum Gasteiger partial charge on any atom is -0.397 e. The van der Waals surface area contributed by atoms with Gasteiger partial charge in [-0.05, 0) is 31.9 Å².